The SMILES string of the molecule is O=C(NCc1ccc(Cl)cc1)C1CNCCO1. The normalized spacial score (nSPS) is 19.9. The number of benzene rings is 1. The summed E-state index contributed by atoms with van der Waals surface area (Å²) in [4.78, 5) is 11.7. The number of rotatable bonds is 3. The van der Waals surface area contributed by atoms with Crippen LogP contribution in [-0.2, 0) is 16.1 Å². The Hall–Kier alpha value is -1.10. The highest BCUT2D eigenvalue weighted by atomic mass is 35.5. The first-order chi connectivity index (χ1) is 8.25. The third-order valence-corrected chi connectivity index (χ3v) is 2.85. The summed E-state index contributed by atoms with van der Waals surface area (Å²) in [5, 5.41) is 6.65. The van der Waals surface area contributed by atoms with Gasteiger partial charge in [-0.3, -0.25) is 4.79 Å². The fourth-order valence-electron chi connectivity index (χ4n) is 1.64. The number of carbonyl (C=O) groups excluding carboxylic acids is 1. The van der Waals surface area contributed by atoms with Gasteiger partial charge in [0.25, 0.3) is 5.91 Å². The van der Waals surface area contributed by atoms with Crippen LogP contribution in [0.25, 0.3) is 0 Å². The second-order valence-corrected chi connectivity index (χ2v) is 4.34. The third-order valence-electron chi connectivity index (χ3n) is 2.60. The van der Waals surface area contributed by atoms with Gasteiger partial charge in [-0.2, -0.15) is 0 Å². The minimum absolute atomic E-state index is 0.0767. The van der Waals surface area contributed by atoms with Crippen molar-refractivity contribution in [3.05, 3.63) is 34.9 Å². The Morgan fingerprint density at radius 1 is 1.47 bits per heavy atom. The van der Waals surface area contributed by atoms with Gasteiger partial charge in [-0.1, -0.05) is 23.7 Å². The summed E-state index contributed by atoms with van der Waals surface area (Å²) in [6, 6.07) is 7.40. The number of morpholine rings is 1. The number of amides is 1. The molecule has 1 amide bonds. The van der Waals surface area contributed by atoms with Crippen LogP contribution in [0, 0.1) is 0 Å². The second kappa shape index (κ2) is 6.00. The molecule has 0 aliphatic carbocycles. The highest BCUT2D eigenvalue weighted by Gasteiger charge is 2.20. The van der Waals surface area contributed by atoms with Gasteiger partial charge in [0.2, 0.25) is 0 Å². The van der Waals surface area contributed by atoms with Crippen LogP contribution in [0.5, 0.6) is 0 Å². The quantitative estimate of drug-likeness (QED) is 0.844. The summed E-state index contributed by atoms with van der Waals surface area (Å²) in [6.45, 7) is 2.46. The molecule has 0 bridgehead atoms. The van der Waals surface area contributed by atoms with Crippen molar-refractivity contribution in [2.75, 3.05) is 19.7 Å². The minimum atomic E-state index is -0.379. The zero-order valence-electron chi connectivity index (χ0n) is 9.41. The lowest BCUT2D eigenvalue weighted by atomic mass is 10.2. The molecule has 1 atom stereocenters. The Morgan fingerprint density at radius 2 is 2.24 bits per heavy atom. The van der Waals surface area contributed by atoms with Crippen LogP contribution in [0.1, 0.15) is 5.56 Å². The van der Waals surface area contributed by atoms with E-state index in [9.17, 15) is 4.79 Å². The molecule has 92 valence electrons. The van der Waals surface area contributed by atoms with Crippen molar-refractivity contribution in [3.8, 4) is 0 Å². The lowest BCUT2D eigenvalue weighted by Crippen LogP contribution is -2.47. The van der Waals surface area contributed by atoms with Gasteiger partial charge in [0.1, 0.15) is 6.10 Å². The van der Waals surface area contributed by atoms with Crippen LogP contribution in [0.4, 0.5) is 0 Å². The van der Waals surface area contributed by atoms with Gasteiger partial charge < -0.3 is 15.4 Å². The van der Waals surface area contributed by atoms with E-state index in [-0.39, 0.29) is 12.0 Å². The van der Waals surface area contributed by atoms with Crippen molar-refractivity contribution in [1.82, 2.24) is 10.6 Å². The van der Waals surface area contributed by atoms with Crippen molar-refractivity contribution in [3.63, 3.8) is 0 Å². The number of nitrogens with one attached hydrogen (secondary N) is 2. The van der Waals surface area contributed by atoms with Crippen molar-refractivity contribution in [2.45, 2.75) is 12.6 Å². The maximum absolute atomic E-state index is 11.7. The summed E-state index contributed by atoms with van der Waals surface area (Å²) in [6.07, 6.45) is -0.379. The predicted octanol–water partition coefficient (Wildman–Crippen LogP) is 0.945. The average molecular weight is 255 g/mol. The van der Waals surface area contributed by atoms with Crippen LogP contribution < -0.4 is 10.6 Å². The molecule has 1 aliphatic rings. The average Bonchev–Trinajstić information content (AvgIpc) is 2.39. The Bertz CT molecular complexity index is 375. The number of halogens is 1. The molecule has 2 N–H and O–H groups in total. The van der Waals surface area contributed by atoms with Crippen LogP contribution in [0.15, 0.2) is 24.3 Å². The minimum Gasteiger partial charge on any atom is -0.366 e. The lowest BCUT2D eigenvalue weighted by Gasteiger charge is -2.22. The molecule has 0 saturated carbocycles. The van der Waals surface area contributed by atoms with Gasteiger partial charge in [-0.05, 0) is 17.7 Å². The van der Waals surface area contributed by atoms with Gasteiger partial charge in [0.15, 0.2) is 0 Å². The zero-order chi connectivity index (χ0) is 12.1. The molecule has 1 aliphatic heterocycles. The van der Waals surface area contributed by atoms with E-state index in [1.165, 1.54) is 0 Å². The first kappa shape index (κ1) is 12.4. The van der Waals surface area contributed by atoms with E-state index in [4.69, 9.17) is 16.3 Å². The second-order valence-electron chi connectivity index (χ2n) is 3.91. The van der Waals surface area contributed by atoms with E-state index in [1.54, 1.807) is 0 Å². The molecule has 1 saturated heterocycles. The van der Waals surface area contributed by atoms with Crippen LogP contribution >= 0.6 is 11.6 Å². The number of hydrogen-bond donors (Lipinski definition) is 2. The first-order valence-corrected chi connectivity index (χ1v) is 5.98. The molecular weight excluding hydrogens is 240 g/mol. The van der Waals surface area contributed by atoms with Crippen LogP contribution in [0.3, 0.4) is 0 Å². The molecule has 1 aromatic carbocycles. The summed E-state index contributed by atoms with van der Waals surface area (Å²) >= 11 is 5.78. The Labute approximate surface area is 105 Å². The molecular formula is C12H15ClN2O2. The molecule has 0 spiro atoms. The lowest BCUT2D eigenvalue weighted by molar-refractivity contribution is -0.134. The van der Waals surface area contributed by atoms with E-state index in [0.717, 1.165) is 12.1 Å². The molecule has 1 aromatic rings. The molecule has 5 heteroatoms. The van der Waals surface area contributed by atoms with Crippen molar-refractivity contribution < 1.29 is 9.53 Å². The van der Waals surface area contributed by atoms with Crippen LogP contribution in [-0.4, -0.2) is 31.7 Å². The Kier molecular flexibility index (Phi) is 4.36. The molecule has 0 radical (unpaired) electrons. The Morgan fingerprint density at radius 3 is 2.88 bits per heavy atom. The standard InChI is InChI=1S/C12H15ClN2O2/c13-10-3-1-9(2-4-10)7-15-12(16)11-8-14-5-6-17-11/h1-4,11,14H,5-8H2,(H,15,16). The van der Waals surface area contributed by atoms with Crippen LogP contribution in [0.2, 0.25) is 5.02 Å². The summed E-state index contributed by atoms with van der Waals surface area (Å²) < 4.78 is 5.35. The summed E-state index contributed by atoms with van der Waals surface area (Å²) in [5.41, 5.74) is 1.02. The maximum atomic E-state index is 11.7. The van der Waals surface area contributed by atoms with E-state index < -0.39 is 0 Å². The first-order valence-electron chi connectivity index (χ1n) is 5.60. The summed E-state index contributed by atoms with van der Waals surface area (Å²) in [5.74, 6) is -0.0767. The van der Waals surface area contributed by atoms with E-state index in [0.29, 0.717) is 24.7 Å². The predicted molar refractivity (Wildman–Crippen MR) is 65.9 cm³/mol. The number of hydrogen-bond acceptors (Lipinski definition) is 3. The fraction of sp³-hybridized carbons (Fsp3) is 0.417. The molecule has 17 heavy (non-hydrogen) atoms. The van der Waals surface area contributed by atoms with Crippen molar-refractivity contribution >= 4 is 17.5 Å². The van der Waals surface area contributed by atoms with Gasteiger partial charge >= 0.3 is 0 Å². The van der Waals surface area contributed by atoms with Gasteiger partial charge in [-0.15, -0.1) is 0 Å². The van der Waals surface area contributed by atoms with E-state index in [1.807, 2.05) is 24.3 Å². The molecule has 1 unspecified atom stereocenters. The molecule has 4 nitrogen and oxygen atoms in total. The smallest absolute Gasteiger partial charge is 0.250 e. The highest BCUT2D eigenvalue weighted by Crippen LogP contribution is 2.09. The molecule has 1 heterocycles. The largest absolute Gasteiger partial charge is 0.366 e. The maximum Gasteiger partial charge on any atom is 0.250 e. The monoisotopic (exact) mass is 254 g/mol. The highest BCUT2D eigenvalue weighted by molar-refractivity contribution is 6.30. The van der Waals surface area contributed by atoms with Crippen molar-refractivity contribution in [1.29, 1.82) is 0 Å². The third kappa shape index (κ3) is 3.70. The van der Waals surface area contributed by atoms with Crippen molar-refractivity contribution in [2.24, 2.45) is 0 Å². The van der Waals surface area contributed by atoms with Gasteiger partial charge in [-0.25, -0.2) is 0 Å². The van der Waals surface area contributed by atoms with E-state index in [2.05, 4.69) is 10.6 Å². The fourth-order valence-corrected chi connectivity index (χ4v) is 1.77. The molecule has 2 rings (SSSR count). The summed E-state index contributed by atoms with van der Waals surface area (Å²) in [7, 11) is 0. The van der Waals surface area contributed by atoms with E-state index >= 15 is 0 Å². The number of carbonyl (C=O) groups is 1. The molecule has 1 fully saturated rings. The Balaban J connectivity index is 1.81. The zero-order valence-corrected chi connectivity index (χ0v) is 10.2. The van der Waals surface area contributed by atoms with Gasteiger partial charge in [0, 0.05) is 24.7 Å². The molecule has 0 aromatic heterocycles. The topological polar surface area (TPSA) is 50.4 Å². The number of ether oxygens (including phenoxy) is 1. The van der Waals surface area contributed by atoms with Gasteiger partial charge in [0.05, 0.1) is 6.61 Å².